The van der Waals surface area contributed by atoms with Crippen molar-refractivity contribution in [2.45, 2.75) is 38.6 Å². The molecule has 31 heavy (non-hydrogen) atoms. The van der Waals surface area contributed by atoms with Crippen LogP contribution in [0.5, 0.6) is 0 Å². The number of rotatable bonds is 7. The highest BCUT2D eigenvalue weighted by molar-refractivity contribution is 7.92. The Balaban J connectivity index is 1.86. The molecular formula is C25H28N2O3S. The fraction of sp³-hybridized carbons (Fsp3) is 0.240. The molecule has 0 saturated carbocycles. The maximum Gasteiger partial charge on any atom is 0.261 e. The zero-order valence-electron chi connectivity index (χ0n) is 18.2. The van der Waals surface area contributed by atoms with Crippen molar-refractivity contribution in [3.05, 3.63) is 95.1 Å². The third kappa shape index (κ3) is 5.33. The summed E-state index contributed by atoms with van der Waals surface area (Å²) in [6, 6.07) is 21.0. The molecule has 0 spiro atoms. The van der Waals surface area contributed by atoms with Crippen LogP contribution in [-0.4, -0.2) is 14.3 Å². The number of aryl methyl sites for hydroxylation is 2. The summed E-state index contributed by atoms with van der Waals surface area (Å²) in [5, 5.41) is 3.07. The van der Waals surface area contributed by atoms with Gasteiger partial charge in [0.15, 0.2) is 0 Å². The van der Waals surface area contributed by atoms with Crippen molar-refractivity contribution in [3.63, 3.8) is 0 Å². The van der Waals surface area contributed by atoms with Gasteiger partial charge in [-0.1, -0.05) is 62.4 Å². The van der Waals surface area contributed by atoms with E-state index >= 15 is 0 Å². The molecule has 0 aromatic heterocycles. The van der Waals surface area contributed by atoms with Crippen LogP contribution in [0.15, 0.2) is 77.7 Å². The molecule has 0 fully saturated rings. The summed E-state index contributed by atoms with van der Waals surface area (Å²) >= 11 is 0. The molecule has 162 valence electrons. The van der Waals surface area contributed by atoms with Crippen molar-refractivity contribution in [1.82, 2.24) is 5.32 Å². The second-order valence-electron chi connectivity index (χ2n) is 8.00. The minimum Gasteiger partial charge on any atom is -0.345 e. The first-order valence-electron chi connectivity index (χ1n) is 10.2. The lowest BCUT2D eigenvalue weighted by Crippen LogP contribution is -2.32. The molecule has 1 atom stereocenters. The molecule has 1 unspecified atom stereocenters. The van der Waals surface area contributed by atoms with Crippen LogP contribution in [0.1, 0.15) is 46.9 Å². The largest absolute Gasteiger partial charge is 0.345 e. The highest BCUT2D eigenvalue weighted by Gasteiger charge is 2.22. The molecule has 0 aliphatic carbocycles. The van der Waals surface area contributed by atoms with Gasteiger partial charge in [-0.25, -0.2) is 8.42 Å². The Labute approximate surface area is 184 Å². The molecule has 0 aliphatic rings. The van der Waals surface area contributed by atoms with Crippen molar-refractivity contribution < 1.29 is 13.2 Å². The summed E-state index contributed by atoms with van der Waals surface area (Å²) in [7, 11) is -3.83. The standard InChI is InChI=1S/C25H28N2O3S/c1-17(2)24(22-14-7-5-10-18(22)3)26-25(28)20-12-9-13-21(16-20)31(29,30)27-23-15-8-6-11-19(23)4/h5-17,24,27H,1-4H3,(H,26,28). The van der Waals surface area contributed by atoms with Crippen LogP contribution in [-0.2, 0) is 10.0 Å². The van der Waals surface area contributed by atoms with Crippen molar-refractivity contribution in [2.75, 3.05) is 4.72 Å². The van der Waals surface area contributed by atoms with Crippen LogP contribution in [0, 0.1) is 19.8 Å². The Morgan fingerprint density at radius 1 is 0.839 bits per heavy atom. The van der Waals surface area contributed by atoms with Gasteiger partial charge in [0, 0.05) is 5.56 Å². The van der Waals surface area contributed by atoms with E-state index < -0.39 is 10.0 Å². The van der Waals surface area contributed by atoms with Crippen LogP contribution >= 0.6 is 0 Å². The van der Waals surface area contributed by atoms with Crippen LogP contribution in [0.3, 0.4) is 0 Å². The van der Waals surface area contributed by atoms with Gasteiger partial charge >= 0.3 is 0 Å². The van der Waals surface area contributed by atoms with E-state index in [4.69, 9.17) is 0 Å². The minimum absolute atomic E-state index is 0.0420. The number of nitrogens with one attached hydrogen (secondary N) is 2. The molecule has 3 aromatic rings. The van der Waals surface area contributed by atoms with Gasteiger partial charge in [-0.3, -0.25) is 9.52 Å². The number of amides is 1. The SMILES string of the molecule is Cc1ccccc1NS(=O)(=O)c1cccc(C(=O)NC(c2ccccc2C)C(C)C)c1. The number of carbonyl (C=O) groups excluding carboxylic acids is 1. The zero-order chi connectivity index (χ0) is 22.6. The summed E-state index contributed by atoms with van der Waals surface area (Å²) in [4.78, 5) is 13.1. The van der Waals surface area contributed by atoms with Gasteiger partial charge < -0.3 is 5.32 Å². The number of sulfonamides is 1. The minimum atomic E-state index is -3.83. The van der Waals surface area contributed by atoms with Crippen molar-refractivity contribution in [3.8, 4) is 0 Å². The van der Waals surface area contributed by atoms with E-state index in [0.29, 0.717) is 11.3 Å². The van der Waals surface area contributed by atoms with E-state index in [0.717, 1.165) is 16.7 Å². The highest BCUT2D eigenvalue weighted by Crippen LogP contribution is 2.26. The Hall–Kier alpha value is -3.12. The summed E-state index contributed by atoms with van der Waals surface area (Å²) in [5.74, 6) is -0.144. The Kier molecular flexibility index (Phi) is 6.81. The van der Waals surface area contributed by atoms with Crippen molar-refractivity contribution in [1.29, 1.82) is 0 Å². The molecule has 2 N–H and O–H groups in total. The molecule has 6 heteroatoms. The van der Waals surface area contributed by atoms with Gasteiger partial charge in [-0.15, -0.1) is 0 Å². The van der Waals surface area contributed by atoms with Gasteiger partial charge in [0.25, 0.3) is 15.9 Å². The lowest BCUT2D eigenvalue weighted by atomic mass is 9.92. The first kappa shape index (κ1) is 22.6. The van der Waals surface area contributed by atoms with Gasteiger partial charge in [0.05, 0.1) is 16.6 Å². The van der Waals surface area contributed by atoms with Gasteiger partial charge in [-0.05, 0) is 60.7 Å². The summed E-state index contributed by atoms with van der Waals surface area (Å²) in [5.41, 5.74) is 3.78. The maximum absolute atomic E-state index is 13.0. The lowest BCUT2D eigenvalue weighted by molar-refractivity contribution is 0.0925. The first-order valence-corrected chi connectivity index (χ1v) is 11.7. The van der Waals surface area contributed by atoms with Crippen LogP contribution in [0.2, 0.25) is 0 Å². The number of carbonyl (C=O) groups is 1. The summed E-state index contributed by atoms with van der Waals surface area (Å²) in [6.07, 6.45) is 0. The Morgan fingerprint density at radius 3 is 2.13 bits per heavy atom. The molecule has 0 radical (unpaired) electrons. The van der Waals surface area contributed by atoms with Gasteiger partial charge in [-0.2, -0.15) is 0 Å². The molecule has 1 amide bonds. The normalized spacial score (nSPS) is 12.4. The van der Waals surface area contributed by atoms with Crippen LogP contribution < -0.4 is 10.0 Å². The maximum atomic E-state index is 13.0. The molecule has 0 bridgehead atoms. The number of hydrogen-bond acceptors (Lipinski definition) is 3. The van der Waals surface area contributed by atoms with Crippen LogP contribution in [0.25, 0.3) is 0 Å². The van der Waals surface area contributed by atoms with Gasteiger partial charge in [0.2, 0.25) is 0 Å². The quantitative estimate of drug-likeness (QED) is 0.532. The second kappa shape index (κ2) is 9.35. The molecule has 0 heterocycles. The van der Waals surface area contributed by atoms with Crippen LogP contribution in [0.4, 0.5) is 5.69 Å². The van der Waals surface area contributed by atoms with Gasteiger partial charge in [0.1, 0.15) is 0 Å². The molecule has 0 saturated heterocycles. The van der Waals surface area contributed by atoms with E-state index in [-0.39, 0.29) is 22.8 Å². The van der Waals surface area contributed by atoms with E-state index in [9.17, 15) is 13.2 Å². The summed E-state index contributed by atoms with van der Waals surface area (Å²) in [6.45, 7) is 7.94. The smallest absolute Gasteiger partial charge is 0.261 e. The Morgan fingerprint density at radius 2 is 1.48 bits per heavy atom. The van der Waals surface area contributed by atoms with E-state index in [1.807, 2.05) is 64.1 Å². The molecule has 0 aliphatic heterocycles. The van der Waals surface area contributed by atoms with E-state index in [1.54, 1.807) is 24.3 Å². The fourth-order valence-corrected chi connectivity index (χ4v) is 4.64. The average Bonchev–Trinajstić information content (AvgIpc) is 2.74. The van der Waals surface area contributed by atoms with E-state index in [2.05, 4.69) is 10.0 Å². The molecular weight excluding hydrogens is 408 g/mol. The number of anilines is 1. The summed E-state index contributed by atoms with van der Waals surface area (Å²) < 4.78 is 28.4. The predicted octanol–water partition coefficient (Wildman–Crippen LogP) is 5.23. The molecule has 5 nitrogen and oxygen atoms in total. The zero-order valence-corrected chi connectivity index (χ0v) is 19.0. The third-order valence-electron chi connectivity index (χ3n) is 5.27. The predicted molar refractivity (Wildman–Crippen MR) is 125 cm³/mol. The highest BCUT2D eigenvalue weighted by atomic mass is 32.2. The molecule has 3 aromatic carbocycles. The van der Waals surface area contributed by atoms with Crippen molar-refractivity contribution >= 4 is 21.6 Å². The Bertz CT molecular complexity index is 1190. The number of benzene rings is 3. The van der Waals surface area contributed by atoms with E-state index in [1.165, 1.54) is 12.1 Å². The monoisotopic (exact) mass is 436 g/mol. The number of hydrogen-bond donors (Lipinski definition) is 2. The van der Waals surface area contributed by atoms with Crippen molar-refractivity contribution in [2.24, 2.45) is 5.92 Å². The number of para-hydroxylation sites is 1. The average molecular weight is 437 g/mol. The fourth-order valence-electron chi connectivity index (χ4n) is 3.46. The molecule has 3 rings (SSSR count). The topological polar surface area (TPSA) is 75.3 Å². The first-order chi connectivity index (χ1) is 14.7. The lowest BCUT2D eigenvalue weighted by Gasteiger charge is -2.24. The third-order valence-corrected chi connectivity index (χ3v) is 6.64. The second-order valence-corrected chi connectivity index (χ2v) is 9.68.